The Balaban J connectivity index is 1.51. The maximum Gasteiger partial charge on any atom is 0.275 e. The molecule has 1 fully saturated rings. The number of amides is 2. The summed E-state index contributed by atoms with van der Waals surface area (Å²) in [4.78, 5) is 42.7. The van der Waals surface area contributed by atoms with Gasteiger partial charge in [-0.25, -0.2) is 4.68 Å². The Morgan fingerprint density at radius 2 is 1.50 bits per heavy atom. The summed E-state index contributed by atoms with van der Waals surface area (Å²) < 4.78 is 6.58. The molecular formula is C26H30N4O4. The van der Waals surface area contributed by atoms with Gasteiger partial charge in [0.25, 0.3) is 17.4 Å². The van der Waals surface area contributed by atoms with E-state index in [1.165, 1.54) is 4.68 Å². The van der Waals surface area contributed by atoms with Crippen LogP contribution < -0.4 is 10.3 Å². The fourth-order valence-corrected chi connectivity index (χ4v) is 4.23. The Kier molecular flexibility index (Phi) is 7.25. The number of piperazine rings is 1. The number of unbranched alkanes of at least 4 members (excludes halogenated alkanes) is 2. The van der Waals surface area contributed by atoms with Gasteiger partial charge >= 0.3 is 0 Å². The van der Waals surface area contributed by atoms with E-state index in [9.17, 15) is 14.4 Å². The van der Waals surface area contributed by atoms with Gasteiger partial charge in [0.05, 0.1) is 12.5 Å². The maximum atomic E-state index is 13.5. The monoisotopic (exact) mass is 462 g/mol. The van der Waals surface area contributed by atoms with Crippen LogP contribution >= 0.6 is 0 Å². The molecule has 0 aliphatic carbocycles. The highest BCUT2D eigenvalue weighted by atomic mass is 16.5. The van der Waals surface area contributed by atoms with Crippen molar-refractivity contribution in [3.8, 4) is 5.75 Å². The van der Waals surface area contributed by atoms with Crippen LogP contribution in [0.3, 0.4) is 0 Å². The van der Waals surface area contributed by atoms with Gasteiger partial charge in [0.15, 0.2) is 5.69 Å². The molecule has 178 valence electrons. The van der Waals surface area contributed by atoms with Gasteiger partial charge in [0.1, 0.15) is 5.75 Å². The minimum atomic E-state index is -0.211. The van der Waals surface area contributed by atoms with Crippen LogP contribution in [0.1, 0.15) is 47.0 Å². The lowest BCUT2D eigenvalue weighted by atomic mass is 10.1. The van der Waals surface area contributed by atoms with Crippen LogP contribution in [-0.4, -0.2) is 64.7 Å². The molecule has 3 aromatic rings. The minimum Gasteiger partial charge on any atom is -0.497 e. The van der Waals surface area contributed by atoms with Crippen molar-refractivity contribution < 1.29 is 14.3 Å². The molecular weight excluding hydrogens is 432 g/mol. The molecule has 2 heterocycles. The zero-order valence-electron chi connectivity index (χ0n) is 19.7. The lowest BCUT2D eigenvalue weighted by Gasteiger charge is -2.34. The van der Waals surface area contributed by atoms with E-state index in [0.717, 1.165) is 19.3 Å². The molecule has 1 aliphatic rings. The molecule has 0 atom stereocenters. The molecule has 0 unspecified atom stereocenters. The number of carbonyl (C=O) groups is 2. The molecule has 2 amide bonds. The van der Waals surface area contributed by atoms with Gasteiger partial charge in [0, 0.05) is 43.7 Å². The average molecular weight is 463 g/mol. The normalized spacial score (nSPS) is 13.8. The number of carbonyl (C=O) groups excluding carboxylic acids is 2. The third kappa shape index (κ3) is 4.81. The maximum absolute atomic E-state index is 13.5. The van der Waals surface area contributed by atoms with Gasteiger partial charge in [-0.1, -0.05) is 38.0 Å². The summed E-state index contributed by atoms with van der Waals surface area (Å²) in [5.74, 6) is 0.419. The highest BCUT2D eigenvalue weighted by molar-refractivity contribution is 6.05. The first-order valence-corrected chi connectivity index (χ1v) is 11.8. The zero-order valence-corrected chi connectivity index (χ0v) is 19.7. The van der Waals surface area contributed by atoms with Gasteiger partial charge in [0.2, 0.25) is 0 Å². The zero-order chi connectivity index (χ0) is 24.1. The Bertz CT molecular complexity index is 1230. The van der Waals surface area contributed by atoms with E-state index >= 15 is 0 Å². The van der Waals surface area contributed by atoms with Crippen molar-refractivity contribution in [3.05, 3.63) is 70.1 Å². The molecule has 4 rings (SSSR count). The van der Waals surface area contributed by atoms with Gasteiger partial charge in [-0.05, 0) is 36.8 Å². The van der Waals surface area contributed by atoms with E-state index in [-0.39, 0.29) is 17.4 Å². The van der Waals surface area contributed by atoms with Crippen LogP contribution in [0.15, 0.2) is 53.3 Å². The second-order valence-corrected chi connectivity index (χ2v) is 8.44. The van der Waals surface area contributed by atoms with E-state index in [4.69, 9.17) is 4.74 Å². The Hall–Kier alpha value is -3.68. The Labute approximate surface area is 198 Å². The number of aromatic nitrogens is 2. The molecule has 1 aliphatic heterocycles. The number of rotatable bonds is 7. The SMILES string of the molecule is CCCCCn1nc(C(=O)N2CCN(C(=O)c3ccc(OC)cc3)CC2)c2ccccc2c1=O. The second kappa shape index (κ2) is 10.5. The van der Waals surface area contributed by atoms with Crippen LogP contribution in [0, 0.1) is 0 Å². The van der Waals surface area contributed by atoms with Crippen LogP contribution in [-0.2, 0) is 6.54 Å². The van der Waals surface area contributed by atoms with Crippen molar-refractivity contribution in [2.24, 2.45) is 0 Å². The summed E-state index contributed by atoms with van der Waals surface area (Å²) in [6.07, 6.45) is 2.86. The van der Waals surface area contributed by atoms with E-state index < -0.39 is 0 Å². The number of hydrogen-bond donors (Lipinski definition) is 0. The van der Waals surface area contributed by atoms with E-state index in [1.807, 2.05) is 6.07 Å². The summed E-state index contributed by atoms with van der Waals surface area (Å²) in [6.45, 7) is 4.28. The van der Waals surface area contributed by atoms with Gasteiger partial charge in [-0.15, -0.1) is 0 Å². The average Bonchev–Trinajstić information content (AvgIpc) is 2.89. The minimum absolute atomic E-state index is 0.0669. The molecule has 1 aromatic heterocycles. The topological polar surface area (TPSA) is 84.7 Å². The number of ether oxygens (including phenoxy) is 1. The van der Waals surface area contributed by atoms with Crippen LogP contribution in [0.25, 0.3) is 10.8 Å². The molecule has 0 bridgehead atoms. The molecule has 2 aromatic carbocycles. The van der Waals surface area contributed by atoms with E-state index in [2.05, 4.69) is 12.0 Å². The lowest BCUT2D eigenvalue weighted by Crippen LogP contribution is -2.51. The number of methoxy groups -OCH3 is 1. The molecule has 8 heteroatoms. The number of hydrogen-bond acceptors (Lipinski definition) is 5. The van der Waals surface area contributed by atoms with Crippen molar-refractivity contribution in [3.63, 3.8) is 0 Å². The first-order valence-electron chi connectivity index (χ1n) is 11.8. The fourth-order valence-electron chi connectivity index (χ4n) is 4.23. The lowest BCUT2D eigenvalue weighted by molar-refractivity contribution is 0.0532. The molecule has 0 radical (unpaired) electrons. The standard InChI is InChI=1S/C26H30N4O4/c1-3-4-7-14-30-25(32)22-9-6-5-8-21(22)23(27-30)26(33)29-17-15-28(16-18-29)24(31)19-10-12-20(34-2)13-11-19/h5-6,8-13H,3-4,7,14-18H2,1-2H3. The van der Waals surface area contributed by atoms with Crippen LogP contribution in [0.2, 0.25) is 0 Å². The smallest absolute Gasteiger partial charge is 0.275 e. The van der Waals surface area contributed by atoms with Crippen molar-refractivity contribution in [1.82, 2.24) is 19.6 Å². The van der Waals surface area contributed by atoms with E-state index in [0.29, 0.717) is 60.5 Å². The molecule has 0 saturated carbocycles. The first kappa shape index (κ1) is 23.5. The molecule has 34 heavy (non-hydrogen) atoms. The highest BCUT2D eigenvalue weighted by Gasteiger charge is 2.28. The summed E-state index contributed by atoms with van der Waals surface area (Å²) in [6, 6.07) is 14.2. The second-order valence-electron chi connectivity index (χ2n) is 8.44. The highest BCUT2D eigenvalue weighted by Crippen LogP contribution is 2.18. The Morgan fingerprint density at radius 3 is 2.12 bits per heavy atom. The molecule has 0 N–H and O–H groups in total. The van der Waals surface area contributed by atoms with Crippen molar-refractivity contribution in [1.29, 1.82) is 0 Å². The van der Waals surface area contributed by atoms with Gasteiger partial charge in [-0.3, -0.25) is 14.4 Å². The Morgan fingerprint density at radius 1 is 0.882 bits per heavy atom. The quantitative estimate of drug-likeness (QED) is 0.504. The summed E-state index contributed by atoms with van der Waals surface area (Å²) in [7, 11) is 1.59. The molecule has 0 spiro atoms. The number of fused-ring (bicyclic) bond motifs is 1. The summed E-state index contributed by atoms with van der Waals surface area (Å²) >= 11 is 0. The predicted molar refractivity (Wildman–Crippen MR) is 130 cm³/mol. The third-order valence-corrected chi connectivity index (χ3v) is 6.23. The number of benzene rings is 2. The van der Waals surface area contributed by atoms with E-state index in [1.54, 1.807) is 59.4 Å². The fraction of sp³-hybridized carbons (Fsp3) is 0.385. The molecule has 1 saturated heterocycles. The third-order valence-electron chi connectivity index (χ3n) is 6.23. The van der Waals surface area contributed by atoms with Crippen LogP contribution in [0.5, 0.6) is 5.75 Å². The van der Waals surface area contributed by atoms with Crippen molar-refractivity contribution >= 4 is 22.6 Å². The largest absolute Gasteiger partial charge is 0.497 e. The van der Waals surface area contributed by atoms with Crippen molar-refractivity contribution in [2.45, 2.75) is 32.7 Å². The number of nitrogens with zero attached hydrogens (tertiary/aromatic N) is 4. The first-order chi connectivity index (χ1) is 16.5. The van der Waals surface area contributed by atoms with Crippen LogP contribution in [0.4, 0.5) is 0 Å². The number of aryl methyl sites for hydroxylation is 1. The van der Waals surface area contributed by atoms with Crippen molar-refractivity contribution in [2.75, 3.05) is 33.3 Å². The predicted octanol–water partition coefficient (Wildman–Crippen LogP) is 3.19. The summed E-state index contributed by atoms with van der Waals surface area (Å²) in [5, 5.41) is 5.56. The molecule has 8 nitrogen and oxygen atoms in total. The summed E-state index contributed by atoms with van der Waals surface area (Å²) in [5.41, 5.74) is 0.715. The van der Waals surface area contributed by atoms with Gasteiger partial charge in [-0.2, -0.15) is 5.10 Å². The van der Waals surface area contributed by atoms with Gasteiger partial charge < -0.3 is 14.5 Å².